The Morgan fingerprint density at radius 3 is 2.70 bits per heavy atom. The number of esters is 1. The Balaban J connectivity index is 1.87. The number of ether oxygens (including phenoxy) is 1. The van der Waals surface area contributed by atoms with Crippen molar-refractivity contribution in [3.63, 3.8) is 0 Å². The summed E-state index contributed by atoms with van der Waals surface area (Å²) in [6, 6.07) is 7.15. The van der Waals surface area contributed by atoms with Gasteiger partial charge in [0.1, 0.15) is 5.76 Å². The first-order valence-corrected chi connectivity index (χ1v) is 9.62. The molecule has 0 saturated carbocycles. The molecule has 0 bridgehead atoms. The summed E-state index contributed by atoms with van der Waals surface area (Å²) >= 11 is 3.36. The monoisotopic (exact) mass is 432 g/mol. The number of amides is 1. The van der Waals surface area contributed by atoms with Gasteiger partial charge in [0.15, 0.2) is 0 Å². The summed E-state index contributed by atoms with van der Waals surface area (Å²) in [5, 5.41) is 4.32. The summed E-state index contributed by atoms with van der Waals surface area (Å²) in [5.41, 5.74) is 5.32. The second-order valence-electron chi connectivity index (χ2n) is 6.64. The van der Waals surface area contributed by atoms with Gasteiger partial charge in [0.2, 0.25) is 5.76 Å². The zero-order chi connectivity index (χ0) is 19.6. The standard InChI is InChI=1S/C20H21BrN2O4/c1-11(2)26-20(25)18-12(3)17-15(9-6-10-16(17)27-18)22-23-19(24)13-7-4-5-8-14(13)21/h4-5,7-8,11H,6,9-10H2,1-3H3,(H,23,24)/b22-15+. The number of carbonyl (C=O) groups is 2. The van der Waals surface area contributed by atoms with Crippen LogP contribution in [0.25, 0.3) is 0 Å². The van der Waals surface area contributed by atoms with E-state index in [0.717, 1.165) is 18.4 Å². The van der Waals surface area contributed by atoms with Gasteiger partial charge >= 0.3 is 5.97 Å². The van der Waals surface area contributed by atoms with Crippen LogP contribution in [0.15, 0.2) is 38.3 Å². The summed E-state index contributed by atoms with van der Waals surface area (Å²) in [5.74, 6) is 0.139. The van der Waals surface area contributed by atoms with E-state index in [0.29, 0.717) is 33.5 Å². The lowest BCUT2D eigenvalue weighted by molar-refractivity contribution is 0.0338. The van der Waals surface area contributed by atoms with Gasteiger partial charge in [0.05, 0.1) is 17.4 Å². The summed E-state index contributed by atoms with van der Waals surface area (Å²) < 4.78 is 11.7. The van der Waals surface area contributed by atoms with Crippen LogP contribution in [0.4, 0.5) is 0 Å². The van der Waals surface area contributed by atoms with E-state index in [2.05, 4.69) is 26.5 Å². The molecule has 1 heterocycles. The van der Waals surface area contributed by atoms with Crippen molar-refractivity contribution >= 4 is 33.5 Å². The lowest BCUT2D eigenvalue weighted by Crippen LogP contribution is -2.22. The first kappa shape index (κ1) is 19.4. The van der Waals surface area contributed by atoms with E-state index >= 15 is 0 Å². The Morgan fingerprint density at radius 1 is 1.26 bits per heavy atom. The van der Waals surface area contributed by atoms with Gasteiger partial charge in [-0.05, 0) is 61.7 Å². The SMILES string of the molecule is Cc1c(C(=O)OC(C)C)oc2c1/C(=N/NC(=O)c1ccccc1Br)CCC2. The van der Waals surface area contributed by atoms with Crippen LogP contribution < -0.4 is 5.43 Å². The van der Waals surface area contributed by atoms with Gasteiger partial charge in [0.25, 0.3) is 5.91 Å². The van der Waals surface area contributed by atoms with Crippen LogP contribution in [0.2, 0.25) is 0 Å². The number of hydrazone groups is 1. The van der Waals surface area contributed by atoms with Crippen LogP contribution in [-0.2, 0) is 11.2 Å². The van der Waals surface area contributed by atoms with Crippen molar-refractivity contribution in [2.45, 2.75) is 46.1 Å². The number of nitrogens with one attached hydrogen (secondary N) is 1. The molecule has 142 valence electrons. The average molecular weight is 433 g/mol. The van der Waals surface area contributed by atoms with Crippen LogP contribution in [0.3, 0.4) is 0 Å². The highest BCUT2D eigenvalue weighted by Gasteiger charge is 2.29. The Morgan fingerprint density at radius 2 is 2.00 bits per heavy atom. The third-order valence-corrected chi connectivity index (χ3v) is 4.96. The Hall–Kier alpha value is -2.41. The molecule has 1 aliphatic carbocycles. The maximum absolute atomic E-state index is 12.4. The first-order chi connectivity index (χ1) is 12.9. The predicted octanol–water partition coefficient (Wildman–Crippen LogP) is 4.39. The number of furan rings is 1. The Kier molecular flexibility index (Phi) is 5.79. The second-order valence-corrected chi connectivity index (χ2v) is 7.50. The van der Waals surface area contributed by atoms with Gasteiger partial charge in [0, 0.05) is 22.0 Å². The van der Waals surface area contributed by atoms with Crippen molar-refractivity contribution in [2.24, 2.45) is 5.10 Å². The van der Waals surface area contributed by atoms with Crippen molar-refractivity contribution in [1.82, 2.24) is 5.43 Å². The largest absolute Gasteiger partial charge is 0.457 e. The molecule has 1 aromatic heterocycles. The molecule has 0 spiro atoms. The normalized spacial score (nSPS) is 14.9. The molecule has 0 aliphatic heterocycles. The van der Waals surface area contributed by atoms with Gasteiger partial charge in [-0.1, -0.05) is 12.1 Å². The summed E-state index contributed by atoms with van der Waals surface area (Å²) in [7, 11) is 0. The molecule has 1 aliphatic rings. The number of rotatable bonds is 4. The van der Waals surface area contributed by atoms with Crippen molar-refractivity contribution in [3.05, 3.63) is 56.9 Å². The number of halogens is 1. The third kappa shape index (κ3) is 4.13. The summed E-state index contributed by atoms with van der Waals surface area (Å²) in [6.07, 6.45) is 2.03. The highest BCUT2D eigenvalue weighted by Crippen LogP contribution is 2.30. The lowest BCUT2D eigenvalue weighted by atomic mass is 9.93. The molecule has 1 N–H and O–H groups in total. The number of hydrogen-bond donors (Lipinski definition) is 1. The number of aryl methyl sites for hydroxylation is 1. The van der Waals surface area contributed by atoms with Crippen LogP contribution >= 0.6 is 15.9 Å². The quantitative estimate of drug-likeness (QED) is 0.573. The van der Waals surface area contributed by atoms with E-state index in [4.69, 9.17) is 9.15 Å². The fraction of sp³-hybridized carbons (Fsp3) is 0.350. The molecule has 1 aromatic carbocycles. The number of nitrogens with zero attached hydrogens (tertiary/aromatic N) is 1. The minimum Gasteiger partial charge on any atom is -0.457 e. The molecule has 27 heavy (non-hydrogen) atoms. The lowest BCUT2D eigenvalue weighted by Gasteiger charge is -2.13. The molecule has 6 nitrogen and oxygen atoms in total. The number of fused-ring (bicyclic) bond motifs is 1. The molecule has 3 rings (SSSR count). The van der Waals surface area contributed by atoms with Gasteiger partial charge in [-0.15, -0.1) is 0 Å². The minimum atomic E-state index is -0.478. The van der Waals surface area contributed by atoms with E-state index < -0.39 is 5.97 Å². The summed E-state index contributed by atoms with van der Waals surface area (Å²) in [6.45, 7) is 5.40. The molecule has 1 amide bonds. The van der Waals surface area contributed by atoms with Gasteiger partial charge in [-0.25, -0.2) is 10.2 Å². The van der Waals surface area contributed by atoms with Crippen molar-refractivity contribution < 1.29 is 18.7 Å². The van der Waals surface area contributed by atoms with E-state index in [1.165, 1.54) is 0 Å². The molecule has 7 heteroatoms. The molecule has 0 radical (unpaired) electrons. The zero-order valence-electron chi connectivity index (χ0n) is 15.5. The summed E-state index contributed by atoms with van der Waals surface area (Å²) in [4.78, 5) is 24.7. The van der Waals surface area contributed by atoms with Crippen LogP contribution in [0.5, 0.6) is 0 Å². The van der Waals surface area contributed by atoms with E-state index in [1.807, 2.05) is 13.0 Å². The Bertz CT molecular complexity index is 915. The average Bonchev–Trinajstić information content (AvgIpc) is 2.97. The highest BCUT2D eigenvalue weighted by atomic mass is 79.9. The Labute approximate surface area is 166 Å². The van der Waals surface area contributed by atoms with E-state index in [9.17, 15) is 9.59 Å². The molecule has 0 atom stereocenters. The maximum atomic E-state index is 12.4. The van der Waals surface area contributed by atoms with Crippen molar-refractivity contribution in [2.75, 3.05) is 0 Å². The number of hydrogen-bond acceptors (Lipinski definition) is 5. The van der Waals surface area contributed by atoms with E-state index in [1.54, 1.807) is 32.0 Å². The molecular weight excluding hydrogens is 412 g/mol. The van der Waals surface area contributed by atoms with Crippen LogP contribution in [0, 0.1) is 6.92 Å². The van der Waals surface area contributed by atoms with Crippen molar-refractivity contribution in [3.8, 4) is 0 Å². The third-order valence-electron chi connectivity index (χ3n) is 4.26. The number of benzene rings is 1. The highest BCUT2D eigenvalue weighted by molar-refractivity contribution is 9.10. The molecule has 0 fully saturated rings. The first-order valence-electron chi connectivity index (χ1n) is 8.83. The smallest absolute Gasteiger partial charge is 0.374 e. The van der Waals surface area contributed by atoms with Crippen LogP contribution in [-0.4, -0.2) is 23.7 Å². The fourth-order valence-corrected chi connectivity index (χ4v) is 3.53. The molecule has 0 unspecified atom stereocenters. The topological polar surface area (TPSA) is 80.9 Å². The molecule has 2 aromatic rings. The predicted molar refractivity (Wildman–Crippen MR) is 105 cm³/mol. The van der Waals surface area contributed by atoms with Gasteiger partial charge in [-0.2, -0.15) is 5.10 Å². The minimum absolute atomic E-state index is 0.209. The van der Waals surface area contributed by atoms with Gasteiger partial charge in [-0.3, -0.25) is 4.79 Å². The zero-order valence-corrected chi connectivity index (χ0v) is 17.1. The maximum Gasteiger partial charge on any atom is 0.374 e. The fourth-order valence-electron chi connectivity index (χ4n) is 3.07. The van der Waals surface area contributed by atoms with E-state index in [-0.39, 0.29) is 17.8 Å². The number of carbonyl (C=O) groups excluding carboxylic acids is 2. The second kappa shape index (κ2) is 8.08. The molecular formula is C20H21BrN2O4. The molecule has 0 saturated heterocycles. The van der Waals surface area contributed by atoms with Gasteiger partial charge < -0.3 is 9.15 Å². The van der Waals surface area contributed by atoms with Crippen LogP contribution in [0.1, 0.15) is 64.5 Å². The van der Waals surface area contributed by atoms with Crippen molar-refractivity contribution in [1.29, 1.82) is 0 Å².